The van der Waals surface area contributed by atoms with Gasteiger partial charge in [0.05, 0.1) is 24.2 Å². The molecule has 36 heavy (non-hydrogen) atoms. The van der Waals surface area contributed by atoms with Crippen molar-refractivity contribution in [3.05, 3.63) is 53.6 Å². The molecule has 4 aliphatic heterocycles. The van der Waals surface area contributed by atoms with Crippen LogP contribution in [0.2, 0.25) is 0 Å². The van der Waals surface area contributed by atoms with Gasteiger partial charge < -0.3 is 24.4 Å². The van der Waals surface area contributed by atoms with E-state index in [9.17, 15) is 19.5 Å². The quantitative estimate of drug-likeness (QED) is 0.510. The van der Waals surface area contributed by atoms with Crippen LogP contribution in [0.15, 0.2) is 42.5 Å². The Morgan fingerprint density at radius 3 is 2.39 bits per heavy atom. The van der Waals surface area contributed by atoms with E-state index >= 15 is 0 Å². The summed E-state index contributed by atoms with van der Waals surface area (Å²) in [6.07, 6.45) is 7.17. The normalized spacial score (nSPS) is 34.3. The lowest BCUT2D eigenvalue weighted by Crippen LogP contribution is -2.60. The van der Waals surface area contributed by atoms with Crippen LogP contribution in [0, 0.1) is 31.6 Å². The monoisotopic (exact) mass is 494 g/mol. The van der Waals surface area contributed by atoms with Gasteiger partial charge in [0.15, 0.2) is 0 Å². The first-order valence-electron chi connectivity index (χ1n) is 12.6. The third kappa shape index (κ3) is 3.30. The highest BCUT2D eigenvalue weighted by atomic mass is 16.6. The number of ether oxygens (including phenoxy) is 2. The van der Waals surface area contributed by atoms with Gasteiger partial charge in [-0.3, -0.25) is 14.4 Å². The molecule has 1 aromatic carbocycles. The summed E-state index contributed by atoms with van der Waals surface area (Å²) in [5.41, 5.74) is 0.200. The molecule has 8 heteroatoms. The van der Waals surface area contributed by atoms with E-state index in [0.29, 0.717) is 6.54 Å². The Hall–Kier alpha value is -2.97. The molecular formula is C28H34N2O6. The highest BCUT2D eigenvalue weighted by Crippen LogP contribution is 2.58. The van der Waals surface area contributed by atoms with Crippen LogP contribution in [0.5, 0.6) is 0 Å². The number of aryl methyl sites for hydroxylation is 2. The predicted molar refractivity (Wildman–Crippen MR) is 133 cm³/mol. The number of hydrogen-bond donors (Lipinski definition) is 1. The van der Waals surface area contributed by atoms with E-state index in [1.54, 1.807) is 24.0 Å². The van der Waals surface area contributed by atoms with E-state index < -0.39 is 41.1 Å². The smallest absolute Gasteiger partial charge is 0.313 e. The second-order valence-corrected chi connectivity index (χ2v) is 10.9. The molecular weight excluding hydrogens is 460 g/mol. The average Bonchev–Trinajstić information content (AvgIpc) is 3.07. The molecule has 8 nitrogen and oxygen atoms in total. The van der Waals surface area contributed by atoms with Crippen LogP contribution >= 0.6 is 0 Å². The van der Waals surface area contributed by atoms with Crippen LogP contribution in [0.3, 0.4) is 0 Å². The van der Waals surface area contributed by atoms with Crippen LogP contribution in [0.25, 0.3) is 0 Å². The van der Waals surface area contributed by atoms with E-state index in [1.807, 2.05) is 58.0 Å². The van der Waals surface area contributed by atoms with Gasteiger partial charge in [0.1, 0.15) is 24.2 Å². The summed E-state index contributed by atoms with van der Waals surface area (Å²) in [4.78, 5) is 45.2. The molecule has 192 valence electrons. The number of carbonyl (C=O) groups excluding carboxylic acids is 3. The Kier molecular flexibility index (Phi) is 5.87. The summed E-state index contributed by atoms with van der Waals surface area (Å²) in [5.74, 6) is -3.16. The molecule has 2 amide bonds. The maximum atomic E-state index is 14.5. The minimum Gasteiger partial charge on any atom is -0.461 e. The lowest BCUT2D eigenvalue weighted by atomic mass is 9.75. The highest BCUT2D eigenvalue weighted by Gasteiger charge is 2.75. The number of amides is 2. The number of likely N-dealkylation sites (tertiary alicyclic amines) is 1. The molecule has 1 spiro atoms. The SMILES string of the molecule is Cc1cccc(C)c1N1CC=C[C@]23O[C@@]4(C)C=CCOC(=O)[C@H]4[C@H]2C(=O)N([C@@H](CO)C(C)C)C3C1=O. The summed E-state index contributed by atoms with van der Waals surface area (Å²) in [6.45, 7) is 9.60. The Morgan fingerprint density at radius 2 is 1.75 bits per heavy atom. The molecule has 0 bridgehead atoms. The molecule has 4 heterocycles. The van der Waals surface area contributed by atoms with Crippen molar-refractivity contribution in [1.82, 2.24) is 4.90 Å². The fraction of sp³-hybridized carbons (Fsp3) is 0.536. The second-order valence-electron chi connectivity index (χ2n) is 10.9. The number of fused-ring (bicyclic) bond motifs is 2. The van der Waals surface area contributed by atoms with Crippen molar-refractivity contribution in [2.45, 2.75) is 57.9 Å². The first kappa shape index (κ1) is 24.7. The summed E-state index contributed by atoms with van der Waals surface area (Å²) in [5, 5.41) is 10.4. The van der Waals surface area contributed by atoms with Gasteiger partial charge in [-0.15, -0.1) is 0 Å². The minimum absolute atomic E-state index is 0.107. The van der Waals surface area contributed by atoms with Crippen molar-refractivity contribution in [2.75, 3.05) is 24.7 Å². The van der Waals surface area contributed by atoms with Gasteiger partial charge in [0, 0.05) is 12.2 Å². The number of nitrogens with zero attached hydrogens (tertiary/aromatic N) is 2. The van der Waals surface area contributed by atoms with Crippen LogP contribution in [-0.4, -0.2) is 70.8 Å². The number of cyclic esters (lactones) is 1. The van der Waals surface area contributed by atoms with E-state index in [2.05, 4.69) is 0 Å². The maximum absolute atomic E-state index is 14.5. The van der Waals surface area contributed by atoms with Crippen LogP contribution in [-0.2, 0) is 23.9 Å². The first-order chi connectivity index (χ1) is 17.1. The topological polar surface area (TPSA) is 96.4 Å². The van der Waals surface area contributed by atoms with Crippen molar-refractivity contribution in [1.29, 1.82) is 0 Å². The summed E-state index contributed by atoms with van der Waals surface area (Å²) < 4.78 is 12.1. The second kappa shape index (κ2) is 8.56. The zero-order valence-corrected chi connectivity index (χ0v) is 21.4. The van der Waals surface area contributed by atoms with Gasteiger partial charge >= 0.3 is 5.97 Å². The molecule has 2 fully saturated rings. The molecule has 5 rings (SSSR count). The van der Waals surface area contributed by atoms with Crippen molar-refractivity contribution >= 4 is 23.5 Å². The summed E-state index contributed by atoms with van der Waals surface area (Å²) in [6, 6.07) is 4.20. The van der Waals surface area contributed by atoms with Crippen LogP contribution < -0.4 is 4.90 Å². The number of anilines is 1. The Morgan fingerprint density at radius 1 is 1.06 bits per heavy atom. The van der Waals surface area contributed by atoms with Gasteiger partial charge in [0.25, 0.3) is 5.91 Å². The van der Waals surface area contributed by atoms with Crippen LogP contribution in [0.4, 0.5) is 5.69 Å². The molecule has 4 aliphatic rings. The van der Waals surface area contributed by atoms with Crippen molar-refractivity contribution in [3.8, 4) is 0 Å². The van der Waals surface area contributed by atoms with Gasteiger partial charge in [-0.1, -0.05) is 50.3 Å². The molecule has 0 aliphatic carbocycles. The molecule has 2 saturated heterocycles. The number of carbonyl (C=O) groups is 3. The number of hydrogen-bond acceptors (Lipinski definition) is 6. The standard InChI is InChI=1S/C28H34N2O6/c1-16(2)19(15-31)30-23-25(33)29(22-17(3)9-6-10-18(22)4)13-7-12-28(23)20(24(30)32)21-26(34)35-14-8-11-27(21,5)36-28/h6-12,16,19-21,23,31H,13-15H2,1-5H3/t19-,20-,21+,23?,27-,28-/m0/s1. The Balaban J connectivity index is 1.72. The molecule has 1 unspecified atom stereocenters. The Bertz CT molecular complexity index is 1150. The molecule has 1 N–H and O–H groups in total. The Labute approximate surface area is 211 Å². The number of para-hydroxylation sites is 1. The van der Waals surface area contributed by atoms with Crippen molar-refractivity contribution < 1.29 is 29.0 Å². The molecule has 0 aromatic heterocycles. The lowest BCUT2D eigenvalue weighted by molar-refractivity contribution is -0.158. The maximum Gasteiger partial charge on any atom is 0.313 e. The van der Waals surface area contributed by atoms with E-state index in [1.165, 1.54) is 4.90 Å². The predicted octanol–water partition coefficient (Wildman–Crippen LogP) is 2.31. The fourth-order valence-electron chi connectivity index (χ4n) is 6.70. The van der Waals surface area contributed by atoms with Crippen LogP contribution in [0.1, 0.15) is 31.9 Å². The van der Waals surface area contributed by atoms with E-state index in [4.69, 9.17) is 9.47 Å². The number of benzene rings is 1. The van der Waals surface area contributed by atoms with Gasteiger partial charge in [-0.05, 0) is 43.9 Å². The van der Waals surface area contributed by atoms with Gasteiger partial charge in [-0.2, -0.15) is 0 Å². The number of esters is 1. The average molecular weight is 495 g/mol. The first-order valence-corrected chi connectivity index (χ1v) is 12.6. The number of aliphatic hydroxyl groups excluding tert-OH is 1. The molecule has 0 saturated carbocycles. The molecule has 6 atom stereocenters. The third-order valence-electron chi connectivity index (χ3n) is 8.27. The van der Waals surface area contributed by atoms with E-state index in [0.717, 1.165) is 16.8 Å². The lowest BCUT2D eigenvalue weighted by Gasteiger charge is -2.41. The summed E-state index contributed by atoms with van der Waals surface area (Å²) >= 11 is 0. The molecule has 0 radical (unpaired) electrons. The fourth-order valence-corrected chi connectivity index (χ4v) is 6.70. The highest BCUT2D eigenvalue weighted by molar-refractivity contribution is 6.06. The zero-order chi connectivity index (χ0) is 26.0. The number of rotatable bonds is 4. The molecule has 1 aromatic rings. The number of aliphatic hydroxyl groups is 1. The largest absolute Gasteiger partial charge is 0.461 e. The zero-order valence-electron chi connectivity index (χ0n) is 21.4. The minimum atomic E-state index is -1.37. The van der Waals surface area contributed by atoms with Gasteiger partial charge in [-0.25, -0.2) is 0 Å². The van der Waals surface area contributed by atoms with Crippen molar-refractivity contribution in [2.24, 2.45) is 17.8 Å². The third-order valence-corrected chi connectivity index (χ3v) is 8.27. The van der Waals surface area contributed by atoms with Crippen molar-refractivity contribution in [3.63, 3.8) is 0 Å². The summed E-state index contributed by atoms with van der Waals surface area (Å²) in [7, 11) is 0. The van der Waals surface area contributed by atoms with Gasteiger partial charge in [0.2, 0.25) is 5.91 Å². The van der Waals surface area contributed by atoms with E-state index in [-0.39, 0.29) is 30.9 Å².